The molecule has 0 aliphatic carbocycles. The van der Waals surface area contributed by atoms with E-state index in [2.05, 4.69) is 31.6 Å². The predicted molar refractivity (Wildman–Crippen MR) is 77.1 cm³/mol. The molecule has 0 atom stereocenters. The first kappa shape index (κ1) is 14.4. The van der Waals surface area contributed by atoms with Crippen LogP contribution < -0.4 is 5.43 Å². The van der Waals surface area contributed by atoms with E-state index in [-0.39, 0.29) is 11.5 Å². The fraction of sp³-hybridized carbons (Fsp3) is 0.154. The van der Waals surface area contributed by atoms with Crippen LogP contribution in [0.15, 0.2) is 40.0 Å². The zero-order valence-corrected chi connectivity index (χ0v) is 12.3. The second-order valence-corrected chi connectivity index (χ2v) is 4.74. The summed E-state index contributed by atoms with van der Waals surface area (Å²) in [5, 5.41) is 7.56. The summed E-state index contributed by atoms with van der Waals surface area (Å²) >= 11 is 3.27. The number of rotatable bonds is 4. The minimum Gasteiger partial charge on any atom is -0.267 e. The van der Waals surface area contributed by atoms with Crippen molar-refractivity contribution in [2.45, 2.75) is 13.5 Å². The molecule has 1 aromatic heterocycles. The Balaban J connectivity index is 2.05. The van der Waals surface area contributed by atoms with Gasteiger partial charge in [0.1, 0.15) is 0 Å². The minimum absolute atomic E-state index is 0.222. The molecule has 0 fully saturated rings. The summed E-state index contributed by atoms with van der Waals surface area (Å²) in [6.45, 7) is 2.22. The molecular weight excluding hydrogens is 327 g/mol. The Morgan fingerprint density at radius 1 is 1.55 bits per heavy atom. The number of hydrazone groups is 1. The quantitative estimate of drug-likeness (QED) is 0.688. The summed E-state index contributed by atoms with van der Waals surface area (Å²) in [7, 11) is 0. The number of hydrogen-bond donors (Lipinski definition) is 1. The summed E-state index contributed by atoms with van der Waals surface area (Å²) < 4.78 is 15.5. The fourth-order valence-electron chi connectivity index (χ4n) is 1.56. The monoisotopic (exact) mass is 338 g/mol. The van der Waals surface area contributed by atoms with Crippen LogP contribution in [0.25, 0.3) is 0 Å². The van der Waals surface area contributed by atoms with Crippen molar-refractivity contribution in [2.75, 3.05) is 0 Å². The van der Waals surface area contributed by atoms with Crippen molar-refractivity contribution in [3.05, 3.63) is 52.0 Å². The molecule has 0 bridgehead atoms. The van der Waals surface area contributed by atoms with Gasteiger partial charge in [0, 0.05) is 11.0 Å². The lowest BCUT2D eigenvalue weighted by Crippen LogP contribution is -2.18. The van der Waals surface area contributed by atoms with Crippen LogP contribution in [-0.2, 0) is 6.54 Å². The van der Waals surface area contributed by atoms with Gasteiger partial charge in [-0.3, -0.25) is 4.79 Å². The van der Waals surface area contributed by atoms with Crippen LogP contribution in [0.1, 0.15) is 22.8 Å². The van der Waals surface area contributed by atoms with Crippen LogP contribution in [0.4, 0.5) is 4.39 Å². The molecule has 2 aromatic rings. The second kappa shape index (κ2) is 6.42. The SMILES string of the molecule is CCn1ncc(/C=N/NC(=O)c2ccccc2Br)c1F. The van der Waals surface area contributed by atoms with Crippen molar-refractivity contribution in [3.63, 3.8) is 0 Å². The van der Waals surface area contributed by atoms with E-state index in [0.717, 1.165) is 0 Å². The van der Waals surface area contributed by atoms with Crippen LogP contribution in [0, 0.1) is 5.95 Å². The Kier molecular flexibility index (Phi) is 4.62. The molecule has 0 unspecified atom stereocenters. The number of halogens is 2. The first-order valence-corrected chi connectivity index (χ1v) is 6.72. The molecule has 1 heterocycles. The van der Waals surface area contributed by atoms with Gasteiger partial charge in [-0.15, -0.1) is 0 Å². The molecule has 20 heavy (non-hydrogen) atoms. The summed E-state index contributed by atoms with van der Waals surface area (Å²) in [6, 6.07) is 6.96. The van der Waals surface area contributed by atoms with Gasteiger partial charge >= 0.3 is 0 Å². The second-order valence-electron chi connectivity index (χ2n) is 3.89. The summed E-state index contributed by atoms with van der Waals surface area (Å²) in [5.41, 5.74) is 3.01. The molecule has 2 rings (SSSR count). The number of carbonyl (C=O) groups excluding carboxylic acids is 1. The number of aromatic nitrogens is 2. The highest BCUT2D eigenvalue weighted by molar-refractivity contribution is 9.10. The summed E-state index contributed by atoms with van der Waals surface area (Å²) in [4.78, 5) is 11.8. The van der Waals surface area contributed by atoms with Crippen LogP contribution in [0.5, 0.6) is 0 Å². The van der Waals surface area contributed by atoms with Crippen molar-refractivity contribution in [3.8, 4) is 0 Å². The molecule has 7 heteroatoms. The first-order chi connectivity index (χ1) is 9.63. The van der Waals surface area contributed by atoms with E-state index < -0.39 is 5.95 Å². The van der Waals surface area contributed by atoms with E-state index in [1.54, 1.807) is 31.2 Å². The number of amides is 1. The average molecular weight is 339 g/mol. The summed E-state index contributed by atoms with van der Waals surface area (Å²) in [5.74, 6) is -0.858. The van der Waals surface area contributed by atoms with E-state index in [0.29, 0.717) is 16.6 Å². The maximum atomic E-state index is 13.6. The Morgan fingerprint density at radius 3 is 2.95 bits per heavy atom. The Bertz CT molecular complexity index is 654. The van der Waals surface area contributed by atoms with Gasteiger partial charge < -0.3 is 0 Å². The maximum Gasteiger partial charge on any atom is 0.272 e. The minimum atomic E-state index is -0.480. The van der Waals surface area contributed by atoms with Gasteiger partial charge in [0.2, 0.25) is 5.95 Å². The maximum absolute atomic E-state index is 13.6. The van der Waals surface area contributed by atoms with Gasteiger partial charge in [0.15, 0.2) is 0 Å². The highest BCUT2D eigenvalue weighted by atomic mass is 79.9. The molecule has 1 N–H and O–H groups in total. The predicted octanol–water partition coefficient (Wildman–Crippen LogP) is 2.57. The van der Waals surface area contributed by atoms with Crippen LogP contribution >= 0.6 is 15.9 Å². The zero-order chi connectivity index (χ0) is 14.5. The average Bonchev–Trinajstić information content (AvgIpc) is 2.80. The number of carbonyl (C=O) groups is 1. The molecule has 0 aliphatic heterocycles. The molecule has 104 valence electrons. The van der Waals surface area contributed by atoms with Gasteiger partial charge in [0.05, 0.1) is 23.5 Å². The summed E-state index contributed by atoms with van der Waals surface area (Å²) in [6.07, 6.45) is 2.58. The standard InChI is InChI=1S/C13H12BrFN4O/c1-2-19-12(15)9(8-17-19)7-16-18-13(20)10-5-3-4-6-11(10)14/h3-8H,2H2,1H3,(H,18,20)/b16-7+. The molecule has 1 amide bonds. The fourth-order valence-corrected chi connectivity index (χ4v) is 2.02. The lowest BCUT2D eigenvalue weighted by Gasteiger charge is -2.01. The molecule has 0 saturated heterocycles. The van der Waals surface area contributed by atoms with Crippen molar-refractivity contribution < 1.29 is 9.18 Å². The van der Waals surface area contributed by atoms with Crippen LogP contribution in [0.3, 0.4) is 0 Å². The van der Waals surface area contributed by atoms with E-state index in [1.807, 2.05) is 0 Å². The zero-order valence-electron chi connectivity index (χ0n) is 10.7. The van der Waals surface area contributed by atoms with E-state index in [9.17, 15) is 9.18 Å². The van der Waals surface area contributed by atoms with Crippen LogP contribution in [-0.4, -0.2) is 21.9 Å². The highest BCUT2D eigenvalue weighted by Gasteiger charge is 2.09. The largest absolute Gasteiger partial charge is 0.272 e. The topological polar surface area (TPSA) is 59.3 Å². The van der Waals surface area contributed by atoms with Crippen molar-refractivity contribution in [1.29, 1.82) is 0 Å². The molecule has 0 saturated carbocycles. The lowest BCUT2D eigenvalue weighted by molar-refractivity contribution is 0.0954. The van der Waals surface area contributed by atoms with E-state index in [4.69, 9.17) is 0 Å². The third-order valence-electron chi connectivity index (χ3n) is 2.59. The number of aryl methyl sites for hydroxylation is 1. The number of benzene rings is 1. The normalized spacial score (nSPS) is 10.9. The van der Waals surface area contributed by atoms with Crippen molar-refractivity contribution in [1.82, 2.24) is 15.2 Å². The molecule has 1 aromatic carbocycles. The molecule has 0 aliphatic rings. The number of nitrogens with one attached hydrogen (secondary N) is 1. The molecular formula is C13H12BrFN4O. The molecule has 0 spiro atoms. The third kappa shape index (κ3) is 3.11. The van der Waals surface area contributed by atoms with Gasteiger partial charge in [-0.05, 0) is 35.0 Å². The Hall–Kier alpha value is -2.02. The lowest BCUT2D eigenvalue weighted by atomic mass is 10.2. The number of nitrogens with zero attached hydrogens (tertiary/aromatic N) is 3. The highest BCUT2D eigenvalue weighted by Crippen LogP contribution is 2.15. The van der Waals surface area contributed by atoms with Gasteiger partial charge in [-0.1, -0.05) is 12.1 Å². The van der Waals surface area contributed by atoms with Gasteiger partial charge in [-0.2, -0.15) is 14.6 Å². The third-order valence-corrected chi connectivity index (χ3v) is 3.28. The van der Waals surface area contributed by atoms with E-state index >= 15 is 0 Å². The smallest absolute Gasteiger partial charge is 0.267 e. The Morgan fingerprint density at radius 2 is 2.30 bits per heavy atom. The van der Waals surface area contributed by atoms with Crippen LogP contribution in [0.2, 0.25) is 0 Å². The van der Waals surface area contributed by atoms with Gasteiger partial charge in [0.25, 0.3) is 5.91 Å². The van der Waals surface area contributed by atoms with Crippen molar-refractivity contribution >= 4 is 28.1 Å². The molecule has 5 nitrogen and oxygen atoms in total. The molecule has 0 radical (unpaired) electrons. The van der Waals surface area contributed by atoms with Crippen molar-refractivity contribution in [2.24, 2.45) is 5.10 Å². The van der Waals surface area contributed by atoms with Gasteiger partial charge in [-0.25, -0.2) is 10.1 Å². The Labute approximate surface area is 123 Å². The number of hydrogen-bond acceptors (Lipinski definition) is 3. The first-order valence-electron chi connectivity index (χ1n) is 5.92. The van der Waals surface area contributed by atoms with E-state index in [1.165, 1.54) is 17.1 Å².